The van der Waals surface area contributed by atoms with Gasteiger partial charge in [-0.25, -0.2) is 0 Å². The SMILES string of the molecule is CC1(C)CN(CC(=O)NC2CCCCC2)CC(CN)O1. The molecule has 5 heteroatoms. The first-order valence-electron chi connectivity index (χ1n) is 7.88. The van der Waals surface area contributed by atoms with E-state index in [1.165, 1.54) is 19.3 Å². The zero-order valence-corrected chi connectivity index (χ0v) is 12.9. The molecule has 20 heavy (non-hydrogen) atoms. The molecule has 1 saturated carbocycles. The first kappa shape index (κ1) is 15.7. The number of nitrogens with one attached hydrogen (secondary N) is 1. The number of morpholine rings is 1. The van der Waals surface area contributed by atoms with Gasteiger partial charge in [0.05, 0.1) is 18.2 Å². The largest absolute Gasteiger partial charge is 0.368 e. The summed E-state index contributed by atoms with van der Waals surface area (Å²) in [6, 6.07) is 0.385. The molecule has 1 heterocycles. The van der Waals surface area contributed by atoms with E-state index < -0.39 is 0 Å². The summed E-state index contributed by atoms with van der Waals surface area (Å²) in [5, 5.41) is 3.17. The van der Waals surface area contributed by atoms with Gasteiger partial charge in [-0.2, -0.15) is 0 Å². The van der Waals surface area contributed by atoms with Crippen molar-refractivity contribution in [1.29, 1.82) is 0 Å². The van der Waals surface area contributed by atoms with E-state index in [-0.39, 0.29) is 17.6 Å². The topological polar surface area (TPSA) is 67.6 Å². The van der Waals surface area contributed by atoms with Crippen LogP contribution in [0.2, 0.25) is 0 Å². The minimum absolute atomic E-state index is 0.0289. The van der Waals surface area contributed by atoms with Gasteiger partial charge in [-0.1, -0.05) is 19.3 Å². The van der Waals surface area contributed by atoms with Gasteiger partial charge < -0.3 is 15.8 Å². The lowest BCUT2D eigenvalue weighted by Gasteiger charge is -2.42. The molecule has 1 saturated heterocycles. The summed E-state index contributed by atoms with van der Waals surface area (Å²) in [6.45, 7) is 6.60. The second kappa shape index (κ2) is 6.87. The molecule has 0 aromatic heterocycles. The van der Waals surface area contributed by atoms with E-state index in [1.54, 1.807) is 0 Å². The van der Waals surface area contributed by atoms with Gasteiger partial charge in [0.1, 0.15) is 0 Å². The van der Waals surface area contributed by atoms with E-state index >= 15 is 0 Å². The summed E-state index contributed by atoms with van der Waals surface area (Å²) in [4.78, 5) is 14.3. The van der Waals surface area contributed by atoms with E-state index in [9.17, 15) is 4.79 Å². The Balaban J connectivity index is 1.80. The molecule has 2 fully saturated rings. The highest BCUT2D eigenvalue weighted by Crippen LogP contribution is 2.21. The third-order valence-electron chi connectivity index (χ3n) is 4.15. The highest BCUT2D eigenvalue weighted by atomic mass is 16.5. The maximum atomic E-state index is 12.2. The predicted molar refractivity (Wildman–Crippen MR) is 79.5 cm³/mol. The molecule has 1 aliphatic carbocycles. The average Bonchev–Trinajstić information content (AvgIpc) is 2.37. The highest BCUT2D eigenvalue weighted by Gasteiger charge is 2.33. The predicted octanol–water partition coefficient (Wildman–Crippen LogP) is 0.873. The van der Waals surface area contributed by atoms with Gasteiger partial charge in [-0.3, -0.25) is 9.69 Å². The van der Waals surface area contributed by atoms with Gasteiger partial charge in [0.25, 0.3) is 0 Å². The second-order valence-electron chi connectivity index (χ2n) is 6.81. The van der Waals surface area contributed by atoms with Crippen LogP contribution >= 0.6 is 0 Å². The van der Waals surface area contributed by atoms with Crippen LogP contribution in [0.4, 0.5) is 0 Å². The van der Waals surface area contributed by atoms with Crippen LogP contribution < -0.4 is 11.1 Å². The molecular weight excluding hydrogens is 254 g/mol. The molecule has 2 aliphatic rings. The number of ether oxygens (including phenoxy) is 1. The maximum absolute atomic E-state index is 12.2. The first-order valence-corrected chi connectivity index (χ1v) is 7.88. The minimum atomic E-state index is -0.229. The van der Waals surface area contributed by atoms with E-state index in [0.717, 1.165) is 25.9 Å². The van der Waals surface area contributed by atoms with Crippen molar-refractivity contribution in [2.24, 2.45) is 5.73 Å². The van der Waals surface area contributed by atoms with Crippen molar-refractivity contribution in [3.63, 3.8) is 0 Å². The van der Waals surface area contributed by atoms with Gasteiger partial charge in [-0.05, 0) is 26.7 Å². The standard InChI is InChI=1S/C15H29N3O2/c1-15(2)11-18(9-13(8-16)20-15)10-14(19)17-12-6-4-3-5-7-12/h12-13H,3-11,16H2,1-2H3,(H,17,19). The molecule has 0 aromatic carbocycles. The smallest absolute Gasteiger partial charge is 0.234 e. The zero-order chi connectivity index (χ0) is 14.6. The van der Waals surface area contributed by atoms with Crippen molar-refractivity contribution in [3.8, 4) is 0 Å². The Morgan fingerprint density at radius 3 is 2.70 bits per heavy atom. The summed E-state index contributed by atoms with van der Waals surface area (Å²) in [5.41, 5.74) is 5.49. The molecule has 1 amide bonds. The highest BCUT2D eigenvalue weighted by molar-refractivity contribution is 5.78. The Kier molecular flexibility index (Phi) is 5.41. The zero-order valence-electron chi connectivity index (χ0n) is 12.9. The summed E-state index contributed by atoms with van der Waals surface area (Å²) >= 11 is 0. The maximum Gasteiger partial charge on any atom is 0.234 e. The monoisotopic (exact) mass is 283 g/mol. The van der Waals surface area contributed by atoms with Crippen molar-refractivity contribution in [1.82, 2.24) is 10.2 Å². The molecule has 0 aromatic rings. The molecular formula is C15H29N3O2. The third-order valence-corrected chi connectivity index (χ3v) is 4.15. The van der Waals surface area contributed by atoms with E-state index in [0.29, 0.717) is 19.1 Å². The number of carbonyl (C=O) groups is 1. The Labute approximate surface area is 122 Å². The Bertz CT molecular complexity index is 327. The number of hydrogen-bond donors (Lipinski definition) is 2. The van der Waals surface area contributed by atoms with Gasteiger partial charge in [0, 0.05) is 25.7 Å². The van der Waals surface area contributed by atoms with Gasteiger partial charge in [-0.15, -0.1) is 0 Å². The van der Waals surface area contributed by atoms with Crippen molar-refractivity contribution >= 4 is 5.91 Å². The van der Waals surface area contributed by atoms with E-state index in [2.05, 4.69) is 24.1 Å². The summed E-state index contributed by atoms with van der Waals surface area (Å²) in [5.74, 6) is 0.144. The fourth-order valence-corrected chi connectivity index (χ4v) is 3.38. The van der Waals surface area contributed by atoms with Crippen LogP contribution in [-0.2, 0) is 9.53 Å². The molecule has 5 nitrogen and oxygen atoms in total. The minimum Gasteiger partial charge on any atom is -0.368 e. The first-order chi connectivity index (χ1) is 9.48. The molecule has 3 N–H and O–H groups in total. The fourth-order valence-electron chi connectivity index (χ4n) is 3.38. The Morgan fingerprint density at radius 1 is 1.35 bits per heavy atom. The van der Waals surface area contributed by atoms with E-state index in [1.807, 2.05) is 0 Å². The number of hydrogen-bond acceptors (Lipinski definition) is 4. The molecule has 1 aliphatic heterocycles. The van der Waals surface area contributed by atoms with Gasteiger partial charge >= 0.3 is 0 Å². The second-order valence-corrected chi connectivity index (χ2v) is 6.81. The van der Waals surface area contributed by atoms with Crippen molar-refractivity contribution < 1.29 is 9.53 Å². The normalized spacial score (nSPS) is 28.2. The van der Waals surface area contributed by atoms with Crippen LogP contribution in [0.15, 0.2) is 0 Å². The molecule has 1 atom stereocenters. The molecule has 1 unspecified atom stereocenters. The molecule has 0 bridgehead atoms. The van der Waals surface area contributed by atoms with Crippen LogP contribution in [0, 0.1) is 0 Å². The van der Waals surface area contributed by atoms with Crippen molar-refractivity contribution in [2.75, 3.05) is 26.2 Å². The molecule has 116 valence electrons. The van der Waals surface area contributed by atoms with Gasteiger partial charge in [0.15, 0.2) is 0 Å². The quantitative estimate of drug-likeness (QED) is 0.803. The lowest BCUT2D eigenvalue weighted by Crippen LogP contribution is -2.57. The van der Waals surface area contributed by atoms with Crippen molar-refractivity contribution in [2.45, 2.75) is 63.7 Å². The number of nitrogens with two attached hydrogens (primary N) is 1. The lowest BCUT2D eigenvalue weighted by atomic mass is 9.95. The number of nitrogens with zero attached hydrogens (tertiary/aromatic N) is 1. The van der Waals surface area contributed by atoms with Crippen molar-refractivity contribution in [3.05, 3.63) is 0 Å². The number of amides is 1. The molecule has 0 radical (unpaired) electrons. The Morgan fingerprint density at radius 2 is 2.05 bits per heavy atom. The van der Waals surface area contributed by atoms with Crippen LogP contribution in [0.25, 0.3) is 0 Å². The average molecular weight is 283 g/mol. The summed E-state index contributed by atoms with van der Waals surface area (Å²) in [7, 11) is 0. The summed E-state index contributed by atoms with van der Waals surface area (Å²) < 4.78 is 5.89. The van der Waals surface area contributed by atoms with Gasteiger partial charge in [0.2, 0.25) is 5.91 Å². The molecule has 0 spiro atoms. The van der Waals surface area contributed by atoms with Crippen LogP contribution in [0.3, 0.4) is 0 Å². The van der Waals surface area contributed by atoms with Crippen LogP contribution in [0.1, 0.15) is 46.0 Å². The number of carbonyl (C=O) groups excluding carboxylic acids is 1. The number of rotatable bonds is 4. The molecule has 2 rings (SSSR count). The lowest BCUT2D eigenvalue weighted by molar-refractivity contribution is -0.141. The third kappa shape index (κ3) is 4.72. The van der Waals surface area contributed by atoms with Crippen LogP contribution in [-0.4, -0.2) is 54.7 Å². The van der Waals surface area contributed by atoms with Crippen LogP contribution in [0.5, 0.6) is 0 Å². The fraction of sp³-hybridized carbons (Fsp3) is 0.933. The Hall–Kier alpha value is -0.650. The van der Waals surface area contributed by atoms with E-state index in [4.69, 9.17) is 10.5 Å². The summed E-state index contributed by atoms with van der Waals surface area (Å²) in [6.07, 6.45) is 6.08.